The van der Waals surface area contributed by atoms with Crippen molar-refractivity contribution >= 4 is 33.5 Å². The fraction of sp³-hybridized carbons (Fsp3) is 0.667. The van der Waals surface area contributed by atoms with E-state index in [9.17, 15) is 19.8 Å². The predicted octanol–water partition coefficient (Wildman–Crippen LogP) is -10.3. The Morgan fingerprint density at radius 1 is 0.941 bits per heavy atom. The van der Waals surface area contributed by atoms with E-state index < -0.39 is 24.0 Å². The third-order valence-corrected chi connectivity index (χ3v) is 3.66. The number of hydrogen-bond donors (Lipinski definition) is 2. The van der Waals surface area contributed by atoms with Crippen LogP contribution in [0.5, 0.6) is 0 Å². The van der Waals surface area contributed by atoms with Crippen molar-refractivity contribution < 1.29 is 84.4 Å². The molecule has 0 rings (SSSR count). The van der Waals surface area contributed by atoms with Gasteiger partial charge in [0.25, 0.3) is 0 Å². The standard InChI is InChI=1S/C6H12N2O4S2.2Na.H2O/c7-3(5(9)10)1-13-14-2-4(8)6(11)12;;;/h3-4H,1-2,7-8H2,(H,9,10)(H,11,12);;;1H2/q;2*+1;/p-2. The van der Waals surface area contributed by atoms with Crippen LogP contribution in [0, 0.1) is 0 Å². The van der Waals surface area contributed by atoms with Crippen LogP contribution in [0.3, 0.4) is 0 Å². The summed E-state index contributed by atoms with van der Waals surface area (Å²) < 4.78 is 0. The van der Waals surface area contributed by atoms with Crippen LogP contribution >= 0.6 is 21.6 Å². The number of nitrogens with two attached hydrogens (primary N) is 2. The summed E-state index contributed by atoms with van der Waals surface area (Å²) >= 11 is 0. The molecule has 17 heavy (non-hydrogen) atoms. The van der Waals surface area contributed by atoms with Gasteiger partial charge in [0.15, 0.2) is 0 Å². The third kappa shape index (κ3) is 15.5. The first-order chi connectivity index (χ1) is 6.45. The van der Waals surface area contributed by atoms with Gasteiger partial charge in [0.1, 0.15) is 0 Å². The largest absolute Gasteiger partial charge is 1.00 e. The van der Waals surface area contributed by atoms with E-state index in [-0.39, 0.29) is 76.1 Å². The monoisotopic (exact) mass is 302 g/mol. The zero-order valence-corrected chi connectivity index (χ0v) is 15.3. The minimum absolute atomic E-state index is 0. The van der Waals surface area contributed by atoms with Crippen LogP contribution in [0.25, 0.3) is 0 Å². The van der Waals surface area contributed by atoms with Gasteiger partial charge in [-0.1, -0.05) is 21.6 Å². The van der Waals surface area contributed by atoms with Crippen molar-refractivity contribution in [3.63, 3.8) is 0 Å². The van der Waals surface area contributed by atoms with Gasteiger partial charge in [-0.15, -0.1) is 0 Å². The summed E-state index contributed by atoms with van der Waals surface area (Å²) in [4.78, 5) is 20.3. The van der Waals surface area contributed by atoms with E-state index in [1.54, 1.807) is 0 Å². The molecule has 0 aliphatic heterocycles. The summed E-state index contributed by atoms with van der Waals surface area (Å²) in [6, 6.07) is -2.10. The Bertz CT molecular complexity index is 203. The fourth-order valence-electron chi connectivity index (χ4n) is 0.379. The maximum atomic E-state index is 10.1. The molecule has 6 N–H and O–H groups in total. The molecule has 0 fully saturated rings. The molecule has 0 radical (unpaired) electrons. The van der Waals surface area contributed by atoms with E-state index in [0.29, 0.717) is 0 Å². The van der Waals surface area contributed by atoms with Crippen LogP contribution in [0.2, 0.25) is 0 Å². The van der Waals surface area contributed by atoms with Crippen molar-refractivity contribution in [1.29, 1.82) is 0 Å². The summed E-state index contributed by atoms with van der Waals surface area (Å²) in [5.74, 6) is -2.37. The molecular formula is C6H12N2Na2O5S2. The second-order valence-corrected chi connectivity index (χ2v) is 4.97. The molecule has 0 aliphatic rings. The van der Waals surface area contributed by atoms with E-state index in [4.69, 9.17) is 11.5 Å². The van der Waals surface area contributed by atoms with Gasteiger partial charge in [0.05, 0.1) is 24.0 Å². The van der Waals surface area contributed by atoms with Crippen LogP contribution in [0.4, 0.5) is 0 Å². The molecule has 7 nitrogen and oxygen atoms in total. The Balaban J connectivity index is -0.000000282. The van der Waals surface area contributed by atoms with Crippen molar-refractivity contribution in [2.75, 3.05) is 11.5 Å². The predicted molar refractivity (Wildman–Crippen MR) is 54.5 cm³/mol. The Morgan fingerprint density at radius 3 is 1.35 bits per heavy atom. The molecule has 2 atom stereocenters. The van der Waals surface area contributed by atoms with Gasteiger partial charge in [-0.05, 0) is 0 Å². The molecule has 0 saturated heterocycles. The van der Waals surface area contributed by atoms with Gasteiger partial charge in [-0.25, -0.2) is 0 Å². The molecule has 0 heterocycles. The molecule has 0 saturated carbocycles. The molecule has 0 aliphatic carbocycles. The Morgan fingerprint density at radius 2 is 1.18 bits per heavy atom. The van der Waals surface area contributed by atoms with Crippen molar-refractivity contribution in [1.82, 2.24) is 0 Å². The molecule has 0 spiro atoms. The van der Waals surface area contributed by atoms with E-state index >= 15 is 0 Å². The van der Waals surface area contributed by atoms with Gasteiger partial charge in [0, 0.05) is 11.5 Å². The average molecular weight is 302 g/mol. The second-order valence-electron chi connectivity index (χ2n) is 2.42. The van der Waals surface area contributed by atoms with Gasteiger partial charge >= 0.3 is 59.1 Å². The minimum atomic E-state index is -1.33. The maximum Gasteiger partial charge on any atom is 1.00 e. The SMILES string of the molecule is NC(CSSCC(N)C(=O)[O-])C(=O)[O-].O.[Na+].[Na+]. The fourth-order valence-corrected chi connectivity index (χ4v) is 2.59. The third-order valence-electron chi connectivity index (χ3n) is 1.18. The normalized spacial score (nSPS) is 12.1. The first kappa shape index (κ1) is 27.0. The number of carboxylic acid groups (broad SMARTS) is 2. The van der Waals surface area contributed by atoms with Gasteiger partial charge in [-0.3, -0.25) is 0 Å². The van der Waals surface area contributed by atoms with Gasteiger partial charge < -0.3 is 36.7 Å². The summed E-state index contributed by atoms with van der Waals surface area (Å²) in [5, 5.41) is 20.3. The first-order valence-electron chi connectivity index (χ1n) is 3.62. The molecule has 90 valence electrons. The quantitative estimate of drug-likeness (QED) is 0.266. The molecule has 0 aromatic rings. The second kappa shape index (κ2) is 15.6. The topological polar surface area (TPSA) is 164 Å². The van der Waals surface area contributed by atoms with Crippen LogP contribution < -0.4 is 80.8 Å². The number of carbonyl (C=O) groups excluding carboxylic acids is 2. The molecule has 0 aromatic carbocycles. The summed E-state index contributed by atoms with van der Waals surface area (Å²) in [5.41, 5.74) is 10.3. The Hall–Kier alpha value is 1.52. The number of aliphatic carboxylic acids is 2. The average Bonchev–Trinajstić information content (AvgIpc) is 2.11. The molecule has 11 heteroatoms. The minimum Gasteiger partial charge on any atom is -0.548 e. The van der Waals surface area contributed by atoms with E-state index in [2.05, 4.69) is 0 Å². The maximum absolute atomic E-state index is 10.1. The smallest absolute Gasteiger partial charge is 0.548 e. The molecule has 0 amide bonds. The zero-order valence-electron chi connectivity index (χ0n) is 9.67. The van der Waals surface area contributed by atoms with E-state index in [0.717, 1.165) is 21.6 Å². The van der Waals surface area contributed by atoms with Crippen LogP contribution in [0.15, 0.2) is 0 Å². The molecule has 2 unspecified atom stereocenters. The number of carboxylic acids is 2. The van der Waals surface area contributed by atoms with Crippen LogP contribution in [0.1, 0.15) is 0 Å². The van der Waals surface area contributed by atoms with Gasteiger partial charge in [-0.2, -0.15) is 0 Å². The van der Waals surface area contributed by atoms with Crippen LogP contribution in [-0.4, -0.2) is 41.0 Å². The molecule has 0 bridgehead atoms. The number of hydrogen-bond acceptors (Lipinski definition) is 8. The molecule has 0 aromatic heterocycles. The summed E-state index contributed by atoms with van der Waals surface area (Å²) in [6.45, 7) is 0. The van der Waals surface area contributed by atoms with Crippen LogP contribution in [-0.2, 0) is 9.59 Å². The van der Waals surface area contributed by atoms with E-state index in [1.807, 2.05) is 0 Å². The van der Waals surface area contributed by atoms with Gasteiger partial charge in [0.2, 0.25) is 0 Å². The Labute approximate surface area is 151 Å². The van der Waals surface area contributed by atoms with Crippen molar-refractivity contribution in [3.05, 3.63) is 0 Å². The summed E-state index contributed by atoms with van der Waals surface area (Å²) in [6.07, 6.45) is 0. The van der Waals surface area contributed by atoms with E-state index in [1.165, 1.54) is 0 Å². The number of rotatable bonds is 7. The number of carbonyl (C=O) groups is 2. The zero-order chi connectivity index (χ0) is 11.1. The molecular weight excluding hydrogens is 290 g/mol. The Kier molecular flexibility index (Phi) is 24.7. The first-order valence-corrected chi connectivity index (χ1v) is 6.11. The summed E-state index contributed by atoms with van der Waals surface area (Å²) in [7, 11) is 2.27. The van der Waals surface area contributed by atoms with Crippen molar-refractivity contribution in [2.45, 2.75) is 12.1 Å². The van der Waals surface area contributed by atoms with Crippen molar-refractivity contribution in [3.8, 4) is 0 Å². The van der Waals surface area contributed by atoms with Crippen molar-refractivity contribution in [2.24, 2.45) is 11.5 Å².